The molecule has 0 aliphatic rings. The standard InChI is InChI=1S/C16H17N5O2S2/c1-3-14-19-20-15(25-14)18-13(22)10-24-16-17-8-9-21(16)11-6-4-5-7-12(11)23-2/h4-9H,3,10H2,1-2H3,(H,18,20,22). The maximum atomic E-state index is 12.1. The molecule has 3 aromatic rings. The van der Waals surface area contributed by atoms with Crippen molar-refractivity contribution >= 4 is 34.1 Å². The Morgan fingerprint density at radius 1 is 1.36 bits per heavy atom. The molecule has 0 atom stereocenters. The summed E-state index contributed by atoms with van der Waals surface area (Å²) in [5.41, 5.74) is 0.877. The van der Waals surface area contributed by atoms with Crippen LogP contribution in [-0.2, 0) is 11.2 Å². The summed E-state index contributed by atoms with van der Waals surface area (Å²) in [7, 11) is 1.63. The average molecular weight is 375 g/mol. The van der Waals surface area contributed by atoms with Crippen LogP contribution < -0.4 is 10.1 Å². The Morgan fingerprint density at radius 2 is 2.20 bits per heavy atom. The van der Waals surface area contributed by atoms with Crippen molar-refractivity contribution < 1.29 is 9.53 Å². The zero-order chi connectivity index (χ0) is 17.6. The molecular weight excluding hydrogens is 358 g/mol. The van der Waals surface area contributed by atoms with Crippen molar-refractivity contribution in [1.82, 2.24) is 19.7 Å². The number of rotatable bonds is 7. The molecule has 1 N–H and O–H groups in total. The highest BCUT2D eigenvalue weighted by molar-refractivity contribution is 7.99. The van der Waals surface area contributed by atoms with Gasteiger partial charge in [-0.3, -0.25) is 14.7 Å². The van der Waals surface area contributed by atoms with Crippen LogP contribution in [0, 0.1) is 0 Å². The summed E-state index contributed by atoms with van der Waals surface area (Å²) in [6.45, 7) is 2.00. The molecular formula is C16H17N5O2S2. The number of anilines is 1. The summed E-state index contributed by atoms with van der Waals surface area (Å²) in [4.78, 5) is 16.5. The van der Waals surface area contributed by atoms with E-state index in [2.05, 4.69) is 20.5 Å². The van der Waals surface area contributed by atoms with Crippen molar-refractivity contribution in [3.8, 4) is 11.4 Å². The number of aryl methyl sites for hydroxylation is 1. The maximum Gasteiger partial charge on any atom is 0.236 e. The molecule has 0 radical (unpaired) electrons. The largest absolute Gasteiger partial charge is 0.495 e. The predicted octanol–water partition coefficient (Wildman–Crippen LogP) is 3.03. The number of amides is 1. The normalized spacial score (nSPS) is 10.6. The van der Waals surface area contributed by atoms with Gasteiger partial charge >= 0.3 is 0 Å². The van der Waals surface area contributed by atoms with Crippen LogP contribution in [0.2, 0.25) is 0 Å². The van der Waals surface area contributed by atoms with Gasteiger partial charge in [-0.2, -0.15) is 0 Å². The first kappa shape index (κ1) is 17.4. The summed E-state index contributed by atoms with van der Waals surface area (Å²) in [5, 5.41) is 12.8. The van der Waals surface area contributed by atoms with E-state index in [9.17, 15) is 4.79 Å². The van der Waals surface area contributed by atoms with Gasteiger partial charge in [0.1, 0.15) is 10.8 Å². The molecule has 0 saturated heterocycles. The van der Waals surface area contributed by atoms with E-state index in [1.807, 2.05) is 42.0 Å². The highest BCUT2D eigenvalue weighted by atomic mass is 32.2. The molecule has 0 aliphatic carbocycles. The van der Waals surface area contributed by atoms with Crippen LogP contribution in [0.25, 0.3) is 5.69 Å². The van der Waals surface area contributed by atoms with E-state index in [1.165, 1.54) is 23.1 Å². The summed E-state index contributed by atoms with van der Waals surface area (Å²) in [5.74, 6) is 0.832. The minimum Gasteiger partial charge on any atom is -0.495 e. The molecule has 9 heteroatoms. The number of benzene rings is 1. The number of ether oxygens (including phenoxy) is 1. The molecule has 0 fully saturated rings. The summed E-state index contributed by atoms with van der Waals surface area (Å²) >= 11 is 2.74. The van der Waals surface area contributed by atoms with Gasteiger partial charge in [0.25, 0.3) is 0 Å². The Morgan fingerprint density at radius 3 is 2.96 bits per heavy atom. The second-order valence-corrected chi connectivity index (χ2v) is 6.95. The third-order valence-corrected chi connectivity index (χ3v) is 5.25. The van der Waals surface area contributed by atoms with E-state index >= 15 is 0 Å². The lowest BCUT2D eigenvalue weighted by atomic mass is 10.3. The first-order chi connectivity index (χ1) is 12.2. The van der Waals surface area contributed by atoms with Crippen molar-refractivity contribution in [2.45, 2.75) is 18.5 Å². The van der Waals surface area contributed by atoms with Crippen molar-refractivity contribution in [2.24, 2.45) is 0 Å². The third-order valence-electron chi connectivity index (χ3n) is 3.30. The van der Waals surface area contributed by atoms with Gasteiger partial charge in [-0.05, 0) is 18.6 Å². The molecule has 130 valence electrons. The van der Waals surface area contributed by atoms with Crippen LogP contribution in [0.4, 0.5) is 5.13 Å². The first-order valence-corrected chi connectivity index (χ1v) is 9.43. The van der Waals surface area contributed by atoms with E-state index in [4.69, 9.17) is 4.74 Å². The molecule has 0 saturated carbocycles. The number of carbonyl (C=O) groups excluding carboxylic acids is 1. The van der Waals surface area contributed by atoms with Gasteiger partial charge in [0, 0.05) is 12.4 Å². The van der Waals surface area contributed by atoms with Gasteiger partial charge in [0.2, 0.25) is 11.0 Å². The fraction of sp³-hybridized carbons (Fsp3) is 0.250. The lowest BCUT2D eigenvalue weighted by Crippen LogP contribution is -2.14. The smallest absolute Gasteiger partial charge is 0.236 e. The second-order valence-electron chi connectivity index (χ2n) is 4.94. The average Bonchev–Trinajstić information content (AvgIpc) is 3.28. The lowest BCUT2D eigenvalue weighted by molar-refractivity contribution is -0.113. The van der Waals surface area contributed by atoms with Crippen LogP contribution in [-0.4, -0.2) is 38.5 Å². The summed E-state index contributed by atoms with van der Waals surface area (Å²) in [6.07, 6.45) is 4.35. The molecule has 7 nitrogen and oxygen atoms in total. The summed E-state index contributed by atoms with van der Waals surface area (Å²) < 4.78 is 7.29. The number of nitrogens with one attached hydrogen (secondary N) is 1. The van der Waals surface area contributed by atoms with Gasteiger partial charge < -0.3 is 4.74 Å². The van der Waals surface area contributed by atoms with Crippen LogP contribution in [0.1, 0.15) is 11.9 Å². The van der Waals surface area contributed by atoms with Crippen molar-refractivity contribution in [2.75, 3.05) is 18.2 Å². The number of hydrogen-bond acceptors (Lipinski definition) is 7. The number of methoxy groups -OCH3 is 1. The zero-order valence-corrected chi connectivity index (χ0v) is 15.4. The number of aromatic nitrogens is 4. The number of carbonyl (C=O) groups is 1. The highest BCUT2D eigenvalue weighted by Crippen LogP contribution is 2.27. The van der Waals surface area contributed by atoms with E-state index < -0.39 is 0 Å². The van der Waals surface area contributed by atoms with Gasteiger partial charge in [-0.15, -0.1) is 10.2 Å². The fourth-order valence-corrected chi connectivity index (χ4v) is 3.60. The minimum absolute atomic E-state index is 0.140. The molecule has 3 rings (SSSR count). The molecule has 2 aromatic heterocycles. The number of thioether (sulfide) groups is 1. The van der Waals surface area contributed by atoms with Gasteiger partial charge in [-0.1, -0.05) is 42.2 Å². The van der Waals surface area contributed by atoms with E-state index in [0.717, 1.165) is 22.9 Å². The Kier molecular flexibility index (Phi) is 5.67. The second kappa shape index (κ2) is 8.13. The highest BCUT2D eigenvalue weighted by Gasteiger charge is 2.13. The first-order valence-electron chi connectivity index (χ1n) is 7.63. The SMILES string of the molecule is CCc1nnc(NC(=O)CSc2nccn2-c2ccccc2OC)s1. The molecule has 0 aliphatic heterocycles. The third kappa shape index (κ3) is 4.18. The van der Waals surface area contributed by atoms with E-state index in [0.29, 0.717) is 10.3 Å². The molecule has 2 heterocycles. The van der Waals surface area contributed by atoms with E-state index in [1.54, 1.807) is 13.3 Å². The predicted molar refractivity (Wildman–Crippen MR) is 98.8 cm³/mol. The Hall–Kier alpha value is -2.39. The zero-order valence-electron chi connectivity index (χ0n) is 13.8. The van der Waals surface area contributed by atoms with Gasteiger partial charge in [0.05, 0.1) is 18.6 Å². The van der Waals surface area contributed by atoms with Crippen LogP contribution in [0.15, 0.2) is 41.8 Å². The topological polar surface area (TPSA) is 81.9 Å². The molecule has 1 aromatic carbocycles. The fourth-order valence-electron chi connectivity index (χ4n) is 2.14. The van der Waals surface area contributed by atoms with E-state index in [-0.39, 0.29) is 11.7 Å². The Balaban J connectivity index is 1.66. The molecule has 0 bridgehead atoms. The maximum absolute atomic E-state index is 12.1. The number of nitrogens with zero attached hydrogens (tertiary/aromatic N) is 4. The Bertz CT molecular complexity index is 862. The number of imidazole rings is 1. The quantitative estimate of drug-likeness (QED) is 0.639. The van der Waals surface area contributed by atoms with Crippen molar-refractivity contribution in [3.63, 3.8) is 0 Å². The number of hydrogen-bond donors (Lipinski definition) is 1. The molecule has 1 amide bonds. The van der Waals surface area contributed by atoms with Crippen LogP contribution in [0.3, 0.4) is 0 Å². The van der Waals surface area contributed by atoms with Gasteiger partial charge in [-0.25, -0.2) is 4.98 Å². The molecule has 0 spiro atoms. The van der Waals surface area contributed by atoms with Gasteiger partial charge in [0.15, 0.2) is 5.16 Å². The monoisotopic (exact) mass is 375 g/mol. The summed E-state index contributed by atoms with van der Waals surface area (Å²) in [6, 6.07) is 7.67. The lowest BCUT2D eigenvalue weighted by Gasteiger charge is -2.11. The Labute approximate surface area is 153 Å². The van der Waals surface area contributed by atoms with Crippen molar-refractivity contribution in [1.29, 1.82) is 0 Å². The molecule has 25 heavy (non-hydrogen) atoms. The number of para-hydroxylation sites is 2. The van der Waals surface area contributed by atoms with Crippen molar-refractivity contribution in [3.05, 3.63) is 41.7 Å². The van der Waals surface area contributed by atoms with Crippen LogP contribution >= 0.6 is 23.1 Å². The molecule has 0 unspecified atom stereocenters. The minimum atomic E-state index is -0.140. The van der Waals surface area contributed by atoms with Crippen LogP contribution in [0.5, 0.6) is 5.75 Å².